The lowest BCUT2D eigenvalue weighted by Gasteiger charge is -2.02. The highest BCUT2D eigenvalue weighted by atomic mass is 15.0. The second-order valence-electron chi connectivity index (χ2n) is 2.94. The third kappa shape index (κ3) is 1.50. The maximum absolute atomic E-state index is 8.79. The van der Waals surface area contributed by atoms with Gasteiger partial charge < -0.3 is 10.7 Å². The number of H-pyrrole nitrogens is 1. The molecule has 0 bridgehead atoms. The molecule has 0 aliphatic carbocycles. The zero-order chi connectivity index (χ0) is 10.8. The lowest BCUT2D eigenvalue weighted by atomic mass is 10.2. The van der Waals surface area contributed by atoms with Crippen molar-refractivity contribution in [3.63, 3.8) is 0 Å². The third-order valence-electron chi connectivity index (χ3n) is 1.94. The number of imidazole rings is 1. The third-order valence-corrected chi connectivity index (χ3v) is 1.94. The molecule has 74 valence electrons. The summed E-state index contributed by atoms with van der Waals surface area (Å²) in [4.78, 5) is 15.0. The minimum atomic E-state index is 0.177. The molecule has 0 atom stereocenters. The highest BCUT2D eigenvalue weighted by Gasteiger charge is 2.10. The fourth-order valence-corrected chi connectivity index (χ4v) is 1.23. The van der Waals surface area contributed by atoms with Crippen LogP contribution in [0.4, 0.5) is 5.82 Å². The van der Waals surface area contributed by atoms with Gasteiger partial charge in [0.2, 0.25) is 0 Å². The van der Waals surface area contributed by atoms with E-state index in [1.54, 1.807) is 19.3 Å². The summed E-state index contributed by atoms with van der Waals surface area (Å²) in [7, 11) is 0. The zero-order valence-corrected chi connectivity index (χ0v) is 8.02. The first-order chi connectivity index (χ1) is 7.22. The van der Waals surface area contributed by atoms with Crippen molar-refractivity contribution in [3.05, 3.63) is 23.7 Å². The second kappa shape index (κ2) is 3.38. The Morgan fingerprint density at radius 2 is 2.27 bits per heavy atom. The van der Waals surface area contributed by atoms with Gasteiger partial charge in [-0.15, -0.1) is 0 Å². The minimum absolute atomic E-state index is 0.177. The van der Waals surface area contributed by atoms with Gasteiger partial charge in [0.25, 0.3) is 0 Å². The normalized spacial score (nSPS) is 9.87. The Hall–Kier alpha value is -2.42. The molecule has 0 radical (unpaired) electrons. The van der Waals surface area contributed by atoms with Crippen LogP contribution in [0.5, 0.6) is 0 Å². The molecule has 0 saturated heterocycles. The molecule has 0 fully saturated rings. The van der Waals surface area contributed by atoms with E-state index < -0.39 is 0 Å². The molecule has 6 heteroatoms. The molecule has 0 aliphatic rings. The number of hydrogen-bond acceptors (Lipinski definition) is 5. The maximum Gasteiger partial charge on any atom is 0.197 e. The summed E-state index contributed by atoms with van der Waals surface area (Å²) in [5.41, 5.74) is 6.49. The fraction of sp³-hybridized carbons (Fsp3) is 0.111. The molecule has 0 saturated carbocycles. The molecule has 2 rings (SSSR count). The van der Waals surface area contributed by atoms with E-state index in [4.69, 9.17) is 11.0 Å². The Balaban J connectivity index is 2.59. The smallest absolute Gasteiger partial charge is 0.197 e. The van der Waals surface area contributed by atoms with Crippen molar-refractivity contribution in [1.29, 1.82) is 5.26 Å². The van der Waals surface area contributed by atoms with E-state index in [1.165, 1.54) is 0 Å². The van der Waals surface area contributed by atoms with E-state index in [-0.39, 0.29) is 5.82 Å². The minimum Gasteiger partial charge on any atom is -0.382 e. The highest BCUT2D eigenvalue weighted by molar-refractivity contribution is 5.56. The van der Waals surface area contributed by atoms with Crippen molar-refractivity contribution in [2.24, 2.45) is 0 Å². The van der Waals surface area contributed by atoms with Gasteiger partial charge in [0.1, 0.15) is 17.5 Å². The van der Waals surface area contributed by atoms with Crippen LogP contribution in [0.25, 0.3) is 11.6 Å². The SMILES string of the molecule is Cc1nc(-c2ncc[nH]2)nc(N)c1C#N. The first-order valence-corrected chi connectivity index (χ1v) is 4.26. The van der Waals surface area contributed by atoms with Crippen molar-refractivity contribution in [3.8, 4) is 17.7 Å². The molecule has 0 aliphatic heterocycles. The monoisotopic (exact) mass is 200 g/mol. The van der Waals surface area contributed by atoms with Crippen molar-refractivity contribution in [1.82, 2.24) is 19.9 Å². The topological polar surface area (TPSA) is 104 Å². The largest absolute Gasteiger partial charge is 0.382 e. The van der Waals surface area contributed by atoms with Gasteiger partial charge in [-0.2, -0.15) is 5.26 Å². The van der Waals surface area contributed by atoms with Crippen LogP contribution in [0, 0.1) is 18.3 Å². The van der Waals surface area contributed by atoms with E-state index in [1.807, 2.05) is 6.07 Å². The van der Waals surface area contributed by atoms with Gasteiger partial charge in [-0.3, -0.25) is 0 Å². The number of nitrogens with two attached hydrogens (primary N) is 1. The van der Waals surface area contributed by atoms with E-state index >= 15 is 0 Å². The number of rotatable bonds is 1. The number of hydrogen-bond donors (Lipinski definition) is 2. The second-order valence-corrected chi connectivity index (χ2v) is 2.94. The summed E-state index contributed by atoms with van der Waals surface area (Å²) in [5.74, 6) is 1.11. The standard InChI is InChI=1S/C9H8N6/c1-5-6(4-10)7(11)15-9(14-5)8-12-2-3-13-8/h2-3H,1H3,(H,12,13)(H2,11,14,15). The predicted molar refractivity (Wildman–Crippen MR) is 53.5 cm³/mol. The summed E-state index contributed by atoms with van der Waals surface area (Å²) in [6.07, 6.45) is 3.27. The van der Waals surface area contributed by atoms with Crippen LogP contribution >= 0.6 is 0 Å². The van der Waals surface area contributed by atoms with Crippen molar-refractivity contribution in [2.75, 3.05) is 5.73 Å². The summed E-state index contributed by atoms with van der Waals surface area (Å²) in [6.45, 7) is 1.71. The van der Waals surface area contributed by atoms with Gasteiger partial charge in [0.15, 0.2) is 11.6 Å². The average Bonchev–Trinajstić information content (AvgIpc) is 2.69. The molecule has 0 amide bonds. The zero-order valence-electron chi connectivity index (χ0n) is 8.02. The number of nitriles is 1. The summed E-state index contributed by atoms with van der Waals surface area (Å²) in [6, 6.07) is 1.96. The number of anilines is 1. The lowest BCUT2D eigenvalue weighted by molar-refractivity contribution is 1.07. The summed E-state index contributed by atoms with van der Waals surface area (Å²) < 4.78 is 0. The molecule has 6 nitrogen and oxygen atoms in total. The van der Waals surface area contributed by atoms with E-state index in [0.29, 0.717) is 22.9 Å². The van der Waals surface area contributed by atoms with Gasteiger partial charge in [-0.1, -0.05) is 0 Å². The number of nitrogens with one attached hydrogen (secondary N) is 1. The predicted octanol–water partition coefficient (Wildman–Crippen LogP) is 0.629. The van der Waals surface area contributed by atoms with Crippen molar-refractivity contribution < 1.29 is 0 Å². The number of aromatic amines is 1. The van der Waals surface area contributed by atoms with Crippen LogP contribution in [-0.2, 0) is 0 Å². The first-order valence-electron chi connectivity index (χ1n) is 4.26. The van der Waals surface area contributed by atoms with Gasteiger partial charge in [-0.05, 0) is 6.92 Å². The Labute approximate surface area is 85.8 Å². The molecule has 0 spiro atoms. The van der Waals surface area contributed by atoms with Gasteiger partial charge in [0.05, 0.1) is 5.69 Å². The number of aromatic nitrogens is 4. The Morgan fingerprint density at radius 1 is 1.47 bits per heavy atom. The molecule has 0 aromatic carbocycles. The van der Waals surface area contributed by atoms with Crippen LogP contribution < -0.4 is 5.73 Å². The van der Waals surface area contributed by atoms with Crippen molar-refractivity contribution in [2.45, 2.75) is 6.92 Å². The molecular formula is C9H8N6. The van der Waals surface area contributed by atoms with Crippen LogP contribution in [0.15, 0.2) is 12.4 Å². The van der Waals surface area contributed by atoms with Crippen molar-refractivity contribution >= 4 is 5.82 Å². The molecule has 3 N–H and O–H groups in total. The number of aryl methyl sites for hydroxylation is 1. The van der Waals surface area contributed by atoms with Gasteiger partial charge in [0, 0.05) is 12.4 Å². The highest BCUT2D eigenvalue weighted by Crippen LogP contribution is 2.16. The molecule has 2 aromatic rings. The molecular weight excluding hydrogens is 192 g/mol. The van der Waals surface area contributed by atoms with Gasteiger partial charge in [-0.25, -0.2) is 15.0 Å². The summed E-state index contributed by atoms with van der Waals surface area (Å²) in [5, 5.41) is 8.79. The molecule has 0 unspecified atom stereocenters. The first kappa shape index (κ1) is 9.15. The number of nitrogen functional groups attached to an aromatic ring is 1. The quantitative estimate of drug-likeness (QED) is 0.702. The van der Waals surface area contributed by atoms with Crippen LogP contribution in [-0.4, -0.2) is 19.9 Å². The van der Waals surface area contributed by atoms with Crippen LogP contribution in [0.1, 0.15) is 11.3 Å². The van der Waals surface area contributed by atoms with E-state index in [2.05, 4.69) is 19.9 Å². The fourth-order valence-electron chi connectivity index (χ4n) is 1.23. The lowest BCUT2D eigenvalue weighted by Crippen LogP contribution is -2.03. The Bertz CT molecular complexity index is 499. The molecule has 15 heavy (non-hydrogen) atoms. The Morgan fingerprint density at radius 3 is 2.80 bits per heavy atom. The Kier molecular flexibility index (Phi) is 2.06. The van der Waals surface area contributed by atoms with Crippen LogP contribution in [0.2, 0.25) is 0 Å². The molecule has 2 aromatic heterocycles. The number of nitrogens with zero attached hydrogens (tertiary/aromatic N) is 4. The molecule has 2 heterocycles. The van der Waals surface area contributed by atoms with E-state index in [0.717, 1.165) is 0 Å². The van der Waals surface area contributed by atoms with E-state index in [9.17, 15) is 0 Å². The average molecular weight is 200 g/mol. The summed E-state index contributed by atoms with van der Waals surface area (Å²) >= 11 is 0. The maximum atomic E-state index is 8.79. The van der Waals surface area contributed by atoms with Crippen LogP contribution in [0.3, 0.4) is 0 Å². The van der Waals surface area contributed by atoms with Gasteiger partial charge >= 0.3 is 0 Å².